The Labute approximate surface area is 184 Å². The van der Waals surface area contributed by atoms with Crippen molar-refractivity contribution in [2.75, 3.05) is 13.2 Å². The van der Waals surface area contributed by atoms with Gasteiger partial charge in [-0.1, -0.05) is 53.5 Å². The van der Waals surface area contributed by atoms with Gasteiger partial charge in [0.05, 0.1) is 13.2 Å². The molecule has 0 amide bonds. The Hall–Kier alpha value is -2.69. The molecule has 4 nitrogen and oxygen atoms in total. The number of hydrogen-bond donors (Lipinski definition) is 1. The fraction of sp³-hybridized carbons (Fsp3) is 0.208. The van der Waals surface area contributed by atoms with Crippen molar-refractivity contribution in [2.45, 2.75) is 19.8 Å². The molecule has 0 saturated heterocycles. The number of aromatic nitrogens is 1. The summed E-state index contributed by atoms with van der Waals surface area (Å²) in [5.41, 5.74) is 2.22. The fourth-order valence-electron chi connectivity index (χ4n) is 3.66. The van der Waals surface area contributed by atoms with Crippen LogP contribution in [0.4, 0.5) is 0 Å². The number of rotatable bonds is 7. The predicted octanol–water partition coefficient (Wildman–Crippen LogP) is 6.82. The third-order valence-electron chi connectivity index (χ3n) is 5.01. The summed E-state index contributed by atoms with van der Waals surface area (Å²) in [4.78, 5) is 15.6. The number of esters is 1. The Morgan fingerprint density at radius 3 is 2.60 bits per heavy atom. The molecule has 0 spiro atoms. The van der Waals surface area contributed by atoms with E-state index in [-0.39, 0.29) is 5.97 Å². The average Bonchev–Trinajstić information content (AvgIpc) is 3.10. The second kappa shape index (κ2) is 8.99. The van der Waals surface area contributed by atoms with E-state index in [1.165, 1.54) is 0 Å². The second-order valence-corrected chi connectivity index (χ2v) is 7.78. The zero-order chi connectivity index (χ0) is 21.1. The molecular formula is C24H21Cl2NO3. The molecule has 30 heavy (non-hydrogen) atoms. The predicted molar refractivity (Wildman–Crippen MR) is 122 cm³/mol. The van der Waals surface area contributed by atoms with Gasteiger partial charge in [-0.15, -0.1) is 0 Å². The van der Waals surface area contributed by atoms with Gasteiger partial charge < -0.3 is 14.5 Å². The molecule has 0 saturated carbocycles. The molecule has 0 radical (unpaired) electrons. The number of carbonyl (C=O) groups excluding carboxylic acids is 1. The zero-order valence-electron chi connectivity index (χ0n) is 16.5. The number of hydrogen-bond acceptors (Lipinski definition) is 3. The van der Waals surface area contributed by atoms with Gasteiger partial charge >= 0.3 is 5.97 Å². The molecule has 1 N–H and O–H groups in total. The molecular weight excluding hydrogens is 421 g/mol. The summed E-state index contributed by atoms with van der Waals surface area (Å²) in [6.45, 7) is 2.62. The van der Waals surface area contributed by atoms with E-state index in [1.807, 2.05) is 54.6 Å². The summed E-state index contributed by atoms with van der Waals surface area (Å²) in [6, 6.07) is 17.2. The van der Waals surface area contributed by atoms with E-state index in [0.717, 1.165) is 39.4 Å². The van der Waals surface area contributed by atoms with Crippen molar-refractivity contribution in [3.8, 4) is 5.75 Å². The van der Waals surface area contributed by atoms with Gasteiger partial charge in [0.15, 0.2) is 0 Å². The number of ether oxygens (including phenoxy) is 2. The van der Waals surface area contributed by atoms with Crippen molar-refractivity contribution in [1.29, 1.82) is 0 Å². The minimum atomic E-state index is -0.357. The van der Waals surface area contributed by atoms with E-state index < -0.39 is 0 Å². The Bertz CT molecular complexity index is 1220. The molecule has 154 valence electrons. The Morgan fingerprint density at radius 2 is 1.80 bits per heavy atom. The van der Waals surface area contributed by atoms with Crippen molar-refractivity contribution in [3.63, 3.8) is 0 Å². The summed E-state index contributed by atoms with van der Waals surface area (Å²) >= 11 is 12.4. The number of H-pyrrole nitrogens is 1. The lowest BCUT2D eigenvalue weighted by Crippen LogP contribution is -2.09. The summed E-state index contributed by atoms with van der Waals surface area (Å²) in [5.74, 6) is 0.441. The first kappa shape index (κ1) is 20.6. The molecule has 0 unspecified atom stereocenters. The van der Waals surface area contributed by atoms with E-state index in [1.54, 1.807) is 6.92 Å². The number of carbonyl (C=O) groups is 1. The zero-order valence-corrected chi connectivity index (χ0v) is 18.0. The SMILES string of the molecule is CCOC(=O)c1[nH]c2cc(Cl)ccc2c1CCCOc1ccc(Cl)c2ccccc12. The van der Waals surface area contributed by atoms with Crippen LogP contribution in [0.15, 0.2) is 54.6 Å². The summed E-state index contributed by atoms with van der Waals surface area (Å²) < 4.78 is 11.3. The minimum absolute atomic E-state index is 0.321. The maximum atomic E-state index is 12.4. The first-order valence-corrected chi connectivity index (χ1v) is 10.6. The molecule has 0 bridgehead atoms. The van der Waals surface area contributed by atoms with Gasteiger partial charge in [0.2, 0.25) is 0 Å². The number of aryl methyl sites for hydroxylation is 1. The molecule has 1 heterocycles. The number of aromatic amines is 1. The van der Waals surface area contributed by atoms with Crippen LogP contribution in [0.25, 0.3) is 21.7 Å². The van der Waals surface area contributed by atoms with Crippen LogP contribution in [0.3, 0.4) is 0 Å². The summed E-state index contributed by atoms with van der Waals surface area (Å²) in [6.07, 6.45) is 1.40. The van der Waals surface area contributed by atoms with Gasteiger partial charge in [-0.3, -0.25) is 0 Å². The monoisotopic (exact) mass is 441 g/mol. The van der Waals surface area contributed by atoms with Crippen LogP contribution in [-0.2, 0) is 11.2 Å². The van der Waals surface area contributed by atoms with Crippen molar-refractivity contribution < 1.29 is 14.3 Å². The molecule has 0 aliphatic rings. The average molecular weight is 442 g/mol. The molecule has 3 aromatic carbocycles. The van der Waals surface area contributed by atoms with E-state index in [0.29, 0.717) is 35.4 Å². The maximum Gasteiger partial charge on any atom is 0.355 e. The van der Waals surface area contributed by atoms with Gasteiger partial charge in [0.1, 0.15) is 11.4 Å². The van der Waals surface area contributed by atoms with Crippen LogP contribution < -0.4 is 4.74 Å². The van der Waals surface area contributed by atoms with Crippen molar-refractivity contribution >= 4 is 50.8 Å². The van der Waals surface area contributed by atoms with E-state index in [9.17, 15) is 4.79 Å². The number of benzene rings is 3. The van der Waals surface area contributed by atoms with Crippen LogP contribution in [0, 0.1) is 0 Å². The number of halogens is 2. The topological polar surface area (TPSA) is 51.3 Å². The van der Waals surface area contributed by atoms with Gasteiger partial charge in [-0.25, -0.2) is 4.79 Å². The molecule has 1 aromatic heterocycles. The second-order valence-electron chi connectivity index (χ2n) is 6.93. The standard InChI is InChI=1S/C24H21Cl2NO3/c1-2-29-24(28)23-19(17-10-9-15(25)14-21(17)27-23)8-5-13-30-22-12-11-20(26)16-6-3-4-7-18(16)22/h3-4,6-7,9-12,14,27H,2,5,8,13H2,1H3. The van der Waals surface area contributed by atoms with Crippen molar-refractivity contribution in [1.82, 2.24) is 4.98 Å². The summed E-state index contributed by atoms with van der Waals surface area (Å²) in [5, 5.41) is 4.24. The lowest BCUT2D eigenvalue weighted by atomic mass is 10.1. The van der Waals surface area contributed by atoms with Crippen molar-refractivity contribution in [2.24, 2.45) is 0 Å². The maximum absolute atomic E-state index is 12.4. The largest absolute Gasteiger partial charge is 0.493 e. The Balaban J connectivity index is 1.52. The quantitative estimate of drug-likeness (QED) is 0.253. The van der Waals surface area contributed by atoms with Gasteiger partial charge in [-0.2, -0.15) is 0 Å². The molecule has 4 aromatic rings. The number of fused-ring (bicyclic) bond motifs is 2. The highest BCUT2D eigenvalue weighted by Crippen LogP contribution is 2.32. The lowest BCUT2D eigenvalue weighted by molar-refractivity contribution is 0.0519. The fourth-order valence-corrected chi connectivity index (χ4v) is 4.06. The van der Waals surface area contributed by atoms with Gasteiger partial charge in [0.25, 0.3) is 0 Å². The lowest BCUT2D eigenvalue weighted by Gasteiger charge is -2.11. The molecule has 4 rings (SSSR count). The third-order valence-corrected chi connectivity index (χ3v) is 5.57. The van der Waals surface area contributed by atoms with Crippen molar-refractivity contribution in [3.05, 3.63) is 75.9 Å². The first-order chi connectivity index (χ1) is 14.6. The Kier molecular flexibility index (Phi) is 6.16. The van der Waals surface area contributed by atoms with Crippen LogP contribution in [0.2, 0.25) is 10.0 Å². The van der Waals surface area contributed by atoms with Crippen LogP contribution >= 0.6 is 23.2 Å². The molecule has 0 aliphatic heterocycles. The van der Waals surface area contributed by atoms with Crippen LogP contribution in [0.1, 0.15) is 29.4 Å². The molecule has 0 aliphatic carbocycles. The third kappa shape index (κ3) is 4.11. The van der Waals surface area contributed by atoms with E-state index >= 15 is 0 Å². The minimum Gasteiger partial charge on any atom is -0.493 e. The molecule has 0 atom stereocenters. The Morgan fingerprint density at radius 1 is 1.00 bits per heavy atom. The van der Waals surface area contributed by atoms with E-state index in [2.05, 4.69) is 4.98 Å². The molecule has 0 fully saturated rings. The van der Waals surface area contributed by atoms with Crippen LogP contribution in [-0.4, -0.2) is 24.2 Å². The highest BCUT2D eigenvalue weighted by molar-refractivity contribution is 6.35. The molecule has 6 heteroatoms. The van der Waals surface area contributed by atoms with Gasteiger partial charge in [0, 0.05) is 31.7 Å². The van der Waals surface area contributed by atoms with Crippen LogP contribution in [0.5, 0.6) is 5.75 Å². The van der Waals surface area contributed by atoms with E-state index in [4.69, 9.17) is 32.7 Å². The summed E-state index contributed by atoms with van der Waals surface area (Å²) in [7, 11) is 0. The highest BCUT2D eigenvalue weighted by atomic mass is 35.5. The highest BCUT2D eigenvalue weighted by Gasteiger charge is 2.19. The smallest absolute Gasteiger partial charge is 0.355 e. The van der Waals surface area contributed by atoms with Gasteiger partial charge in [-0.05, 0) is 49.6 Å². The first-order valence-electron chi connectivity index (χ1n) is 9.85. The normalized spacial score (nSPS) is 11.2. The number of nitrogens with one attached hydrogen (secondary N) is 1.